The maximum absolute atomic E-state index is 10.8. The van der Waals surface area contributed by atoms with E-state index in [2.05, 4.69) is 4.62 Å². The maximum Gasteiger partial charge on any atom is 0.486 e. The van der Waals surface area contributed by atoms with E-state index < -0.39 is 19.8 Å². The minimum atomic E-state index is -4.74. The maximum atomic E-state index is 10.8. The van der Waals surface area contributed by atoms with E-state index in [1.54, 1.807) is 30.3 Å². The van der Waals surface area contributed by atoms with Crippen molar-refractivity contribution in [2.75, 3.05) is 0 Å². The van der Waals surface area contributed by atoms with Crippen LogP contribution in [0.25, 0.3) is 0 Å². The Kier molecular flexibility index (Phi) is 4.80. The highest BCUT2D eigenvalue weighted by Gasteiger charge is 2.23. The Morgan fingerprint density at radius 3 is 2.41 bits per heavy atom. The number of nitrogens with one attached hydrogen (secondary N) is 1. The molecule has 0 fully saturated rings. The molecule has 0 heterocycles. The third kappa shape index (κ3) is 5.58. The van der Waals surface area contributed by atoms with Crippen LogP contribution in [0.4, 0.5) is 0 Å². The summed E-state index contributed by atoms with van der Waals surface area (Å²) >= 11 is 0. The highest BCUT2D eigenvalue weighted by molar-refractivity contribution is 7.46. The molecule has 94 valence electrons. The Hall–Kier alpha value is -1.24. The Balaban J connectivity index is 2.62. The molecule has 4 N–H and O–H groups in total. The molecule has 1 atom stereocenters. The van der Waals surface area contributed by atoms with E-state index >= 15 is 0 Å². The van der Waals surface area contributed by atoms with E-state index in [-0.39, 0.29) is 6.42 Å². The molecule has 1 rings (SSSR count). The highest BCUT2D eigenvalue weighted by Crippen LogP contribution is 2.34. The smallest absolute Gasteiger partial charge is 0.480 e. The summed E-state index contributed by atoms with van der Waals surface area (Å²) < 4.78 is 14.4. The van der Waals surface area contributed by atoms with Gasteiger partial charge in [-0.3, -0.25) is 4.79 Å². The van der Waals surface area contributed by atoms with Gasteiger partial charge in [0.1, 0.15) is 6.04 Å². The van der Waals surface area contributed by atoms with E-state index in [1.165, 1.54) is 0 Å². The van der Waals surface area contributed by atoms with E-state index in [4.69, 9.17) is 14.9 Å². The van der Waals surface area contributed by atoms with Gasteiger partial charge in [-0.1, -0.05) is 30.3 Å². The monoisotopic (exact) mass is 261 g/mol. The predicted octanol–water partition coefficient (Wildman–Crippen LogP) is 0.296. The molecule has 7 nitrogen and oxygen atoms in total. The molecule has 1 unspecified atom stereocenters. The van der Waals surface area contributed by atoms with Gasteiger partial charge in [0.15, 0.2) is 0 Å². The van der Waals surface area contributed by atoms with Gasteiger partial charge in [-0.15, -0.1) is 0 Å². The molecule has 0 aliphatic heterocycles. The molecule has 0 saturated heterocycles. The predicted molar refractivity (Wildman–Crippen MR) is 57.8 cm³/mol. The molecular formula is C9H12NO6P. The summed E-state index contributed by atoms with van der Waals surface area (Å²) in [5.41, 5.74) is 2.55. The van der Waals surface area contributed by atoms with E-state index in [0.717, 1.165) is 0 Å². The fraction of sp³-hybridized carbons (Fsp3) is 0.222. The summed E-state index contributed by atoms with van der Waals surface area (Å²) in [6.07, 6.45) is 0.0518. The highest BCUT2D eigenvalue weighted by atomic mass is 31.2. The first kappa shape index (κ1) is 13.8. The minimum Gasteiger partial charge on any atom is -0.480 e. The molecule has 17 heavy (non-hydrogen) atoms. The molecule has 0 radical (unpaired) electrons. The van der Waals surface area contributed by atoms with Crippen LogP contribution in [0.1, 0.15) is 5.56 Å². The number of hydrogen-bond donors (Lipinski definition) is 4. The molecule has 8 heteroatoms. The fourth-order valence-electron chi connectivity index (χ4n) is 1.16. The van der Waals surface area contributed by atoms with Gasteiger partial charge in [0.2, 0.25) is 0 Å². The van der Waals surface area contributed by atoms with Crippen LogP contribution in [0.2, 0.25) is 0 Å². The van der Waals surface area contributed by atoms with Crippen molar-refractivity contribution < 1.29 is 28.9 Å². The molecule has 1 aromatic rings. The number of aliphatic carboxylic acids is 1. The van der Waals surface area contributed by atoms with Crippen molar-refractivity contribution in [3.8, 4) is 0 Å². The van der Waals surface area contributed by atoms with Crippen LogP contribution in [0.3, 0.4) is 0 Å². The molecule has 0 aliphatic rings. The number of carbonyl (C=O) groups is 1. The first-order valence-electron chi connectivity index (χ1n) is 4.65. The van der Waals surface area contributed by atoms with Gasteiger partial charge < -0.3 is 14.9 Å². The normalized spacial score (nSPS) is 13.3. The van der Waals surface area contributed by atoms with Gasteiger partial charge in [0.25, 0.3) is 0 Å². The average molecular weight is 261 g/mol. The second-order valence-corrected chi connectivity index (χ2v) is 4.44. The van der Waals surface area contributed by atoms with Crippen LogP contribution in [0.15, 0.2) is 30.3 Å². The molecule has 1 aromatic carbocycles. The fourth-order valence-corrected chi connectivity index (χ4v) is 1.43. The molecule has 0 saturated carbocycles. The summed E-state index contributed by atoms with van der Waals surface area (Å²) in [4.78, 5) is 27.7. The zero-order valence-corrected chi connectivity index (χ0v) is 9.58. The lowest BCUT2D eigenvalue weighted by Crippen LogP contribution is -2.37. The van der Waals surface area contributed by atoms with Crippen molar-refractivity contribution in [2.24, 2.45) is 0 Å². The van der Waals surface area contributed by atoms with Crippen LogP contribution in [-0.2, 0) is 20.4 Å². The van der Waals surface area contributed by atoms with Crippen LogP contribution in [-0.4, -0.2) is 26.9 Å². The Bertz CT molecular complexity index is 417. The summed E-state index contributed by atoms with van der Waals surface area (Å²) in [5.74, 6) is -1.26. The van der Waals surface area contributed by atoms with E-state index in [0.29, 0.717) is 5.56 Å². The van der Waals surface area contributed by atoms with Gasteiger partial charge >= 0.3 is 13.8 Å². The lowest BCUT2D eigenvalue weighted by Gasteiger charge is -2.14. The van der Waals surface area contributed by atoms with E-state index in [1.807, 2.05) is 5.48 Å². The van der Waals surface area contributed by atoms with Crippen molar-refractivity contribution in [3.05, 3.63) is 35.9 Å². The molecule has 0 amide bonds. The number of rotatable bonds is 6. The lowest BCUT2D eigenvalue weighted by atomic mass is 10.1. The quantitative estimate of drug-likeness (QED) is 0.429. The number of hydrogen-bond acceptors (Lipinski definition) is 4. The second-order valence-electron chi connectivity index (χ2n) is 3.28. The SMILES string of the molecule is O=C(O)C(Cc1ccccc1)NOP(=O)(O)O. The van der Waals surface area contributed by atoms with E-state index in [9.17, 15) is 9.36 Å². The van der Waals surface area contributed by atoms with Crippen LogP contribution in [0.5, 0.6) is 0 Å². The Morgan fingerprint density at radius 1 is 1.35 bits per heavy atom. The van der Waals surface area contributed by atoms with Gasteiger partial charge in [0, 0.05) is 6.42 Å². The van der Waals surface area contributed by atoms with Crippen molar-refractivity contribution in [3.63, 3.8) is 0 Å². The number of carboxylic acids is 1. The summed E-state index contributed by atoms with van der Waals surface area (Å²) in [6.45, 7) is 0. The molecule has 0 aliphatic carbocycles. The standard InChI is InChI=1S/C9H12NO6P/c11-9(12)8(10-16-17(13,14)15)6-7-4-2-1-3-5-7/h1-5,8,10H,6H2,(H,11,12)(H2,13,14,15). The zero-order valence-electron chi connectivity index (χ0n) is 8.68. The Labute approximate surface area is 97.2 Å². The van der Waals surface area contributed by atoms with Crippen molar-refractivity contribution in [2.45, 2.75) is 12.5 Å². The molecular weight excluding hydrogens is 249 g/mol. The van der Waals surface area contributed by atoms with Crippen LogP contribution in [0, 0.1) is 0 Å². The van der Waals surface area contributed by atoms with Gasteiger partial charge in [-0.05, 0) is 5.56 Å². The average Bonchev–Trinajstić information content (AvgIpc) is 2.24. The number of benzene rings is 1. The molecule has 0 aromatic heterocycles. The second kappa shape index (κ2) is 5.90. The van der Waals surface area contributed by atoms with Gasteiger partial charge in [-0.25, -0.2) is 4.57 Å². The summed E-state index contributed by atoms with van der Waals surface area (Å²) in [6, 6.07) is 7.42. The zero-order chi connectivity index (χ0) is 12.9. The van der Waals surface area contributed by atoms with Crippen molar-refractivity contribution in [1.29, 1.82) is 0 Å². The van der Waals surface area contributed by atoms with Crippen LogP contribution >= 0.6 is 7.82 Å². The number of phosphoric acid groups is 1. The largest absolute Gasteiger partial charge is 0.486 e. The third-order valence-corrected chi connectivity index (χ3v) is 2.24. The molecule has 0 spiro atoms. The van der Waals surface area contributed by atoms with Crippen LogP contribution < -0.4 is 5.48 Å². The Morgan fingerprint density at radius 2 is 1.94 bits per heavy atom. The summed E-state index contributed by atoms with van der Waals surface area (Å²) in [7, 11) is -4.74. The summed E-state index contributed by atoms with van der Waals surface area (Å²) in [5, 5.41) is 8.84. The van der Waals surface area contributed by atoms with Gasteiger partial charge in [-0.2, -0.15) is 10.1 Å². The minimum absolute atomic E-state index is 0.0518. The van der Waals surface area contributed by atoms with Crippen molar-refractivity contribution in [1.82, 2.24) is 5.48 Å². The first-order valence-corrected chi connectivity index (χ1v) is 6.18. The third-order valence-electron chi connectivity index (χ3n) is 1.89. The molecule has 0 bridgehead atoms. The van der Waals surface area contributed by atoms with Crippen molar-refractivity contribution >= 4 is 13.8 Å². The topological polar surface area (TPSA) is 116 Å². The number of carboxylic acid groups (broad SMARTS) is 1. The number of hydroxylamine groups is 1. The van der Waals surface area contributed by atoms with Gasteiger partial charge in [0.05, 0.1) is 0 Å². The first-order chi connectivity index (χ1) is 7.88. The lowest BCUT2D eigenvalue weighted by molar-refractivity contribution is -0.141.